The molecule has 0 atom stereocenters. The molecule has 0 aliphatic heterocycles. The van der Waals surface area contributed by atoms with Gasteiger partial charge in [0.15, 0.2) is 6.61 Å². The molecule has 26 heavy (non-hydrogen) atoms. The zero-order valence-electron chi connectivity index (χ0n) is 14.6. The molecule has 0 unspecified atom stereocenters. The van der Waals surface area contributed by atoms with Crippen LogP contribution in [0.2, 0.25) is 0 Å². The van der Waals surface area contributed by atoms with Gasteiger partial charge in [0, 0.05) is 4.88 Å². The molecule has 2 aromatic rings. The first-order valence-electron chi connectivity index (χ1n) is 8.66. The highest BCUT2D eigenvalue weighted by Gasteiger charge is 2.21. The van der Waals surface area contributed by atoms with E-state index in [4.69, 9.17) is 4.74 Å². The SMILES string of the molecule is Cc1cccc(C(=O)OCC(=O)Nc2sc3c(c2C#N)CCCCC3)c1. The van der Waals surface area contributed by atoms with Crippen molar-refractivity contribution < 1.29 is 14.3 Å². The number of benzene rings is 1. The third-order valence-corrected chi connectivity index (χ3v) is 5.58. The topological polar surface area (TPSA) is 79.2 Å². The lowest BCUT2D eigenvalue weighted by Crippen LogP contribution is -2.21. The maximum Gasteiger partial charge on any atom is 0.338 e. The van der Waals surface area contributed by atoms with E-state index in [1.54, 1.807) is 18.2 Å². The normalized spacial score (nSPS) is 13.2. The molecule has 0 fully saturated rings. The number of anilines is 1. The van der Waals surface area contributed by atoms with E-state index in [1.807, 2.05) is 13.0 Å². The number of nitriles is 1. The van der Waals surface area contributed by atoms with Crippen molar-refractivity contribution in [2.24, 2.45) is 0 Å². The summed E-state index contributed by atoms with van der Waals surface area (Å²) in [6.07, 6.45) is 5.18. The van der Waals surface area contributed by atoms with Gasteiger partial charge in [0.2, 0.25) is 0 Å². The van der Waals surface area contributed by atoms with E-state index in [0.717, 1.165) is 36.8 Å². The second kappa shape index (κ2) is 8.15. The molecule has 0 bridgehead atoms. The number of carbonyl (C=O) groups excluding carboxylic acids is 2. The molecule has 3 rings (SSSR count). The van der Waals surface area contributed by atoms with Crippen molar-refractivity contribution in [2.45, 2.75) is 39.0 Å². The van der Waals surface area contributed by atoms with Gasteiger partial charge in [-0.15, -0.1) is 11.3 Å². The molecule has 6 heteroatoms. The number of amides is 1. The summed E-state index contributed by atoms with van der Waals surface area (Å²) in [5.41, 5.74) is 2.99. The summed E-state index contributed by atoms with van der Waals surface area (Å²) in [4.78, 5) is 25.4. The van der Waals surface area contributed by atoms with Gasteiger partial charge in [0.05, 0.1) is 11.1 Å². The summed E-state index contributed by atoms with van der Waals surface area (Å²) < 4.78 is 5.08. The summed E-state index contributed by atoms with van der Waals surface area (Å²) >= 11 is 1.47. The van der Waals surface area contributed by atoms with Gasteiger partial charge in [-0.2, -0.15) is 5.26 Å². The van der Waals surface area contributed by atoms with E-state index in [1.165, 1.54) is 22.6 Å². The Kier molecular flexibility index (Phi) is 5.69. The molecule has 1 amide bonds. The van der Waals surface area contributed by atoms with Crippen LogP contribution in [0.15, 0.2) is 24.3 Å². The fourth-order valence-electron chi connectivity index (χ4n) is 3.10. The van der Waals surface area contributed by atoms with Crippen molar-refractivity contribution in [3.63, 3.8) is 0 Å². The molecular weight excluding hydrogens is 348 g/mol. The number of thiophene rings is 1. The zero-order valence-corrected chi connectivity index (χ0v) is 15.4. The maximum atomic E-state index is 12.2. The summed E-state index contributed by atoms with van der Waals surface area (Å²) in [6.45, 7) is 1.51. The van der Waals surface area contributed by atoms with Crippen LogP contribution >= 0.6 is 11.3 Å². The standard InChI is InChI=1S/C20H20N2O3S/c1-13-6-5-7-14(10-13)20(24)25-12-18(23)22-19-16(11-21)15-8-3-2-4-9-17(15)26-19/h5-7,10H,2-4,8-9,12H2,1H3,(H,22,23). The average molecular weight is 368 g/mol. The molecule has 0 radical (unpaired) electrons. The van der Waals surface area contributed by atoms with Crippen molar-refractivity contribution in [1.29, 1.82) is 5.26 Å². The molecule has 1 N–H and O–H groups in total. The van der Waals surface area contributed by atoms with E-state index < -0.39 is 11.9 Å². The van der Waals surface area contributed by atoms with Crippen LogP contribution in [-0.4, -0.2) is 18.5 Å². The second-order valence-electron chi connectivity index (χ2n) is 6.37. The summed E-state index contributed by atoms with van der Waals surface area (Å²) in [5.74, 6) is -0.967. The Morgan fingerprint density at radius 2 is 2.08 bits per heavy atom. The number of nitrogens with one attached hydrogen (secondary N) is 1. The lowest BCUT2D eigenvalue weighted by molar-refractivity contribution is -0.119. The smallest absolute Gasteiger partial charge is 0.338 e. The Hall–Kier alpha value is -2.65. The molecule has 1 aromatic heterocycles. The molecule has 0 saturated carbocycles. The van der Waals surface area contributed by atoms with Gasteiger partial charge in [-0.25, -0.2) is 4.79 Å². The Morgan fingerprint density at radius 1 is 1.27 bits per heavy atom. The van der Waals surface area contributed by atoms with E-state index in [0.29, 0.717) is 16.1 Å². The van der Waals surface area contributed by atoms with Gasteiger partial charge < -0.3 is 10.1 Å². The van der Waals surface area contributed by atoms with Crippen LogP contribution < -0.4 is 5.32 Å². The third kappa shape index (κ3) is 4.12. The minimum atomic E-state index is -0.536. The van der Waals surface area contributed by atoms with E-state index >= 15 is 0 Å². The first-order valence-corrected chi connectivity index (χ1v) is 9.48. The van der Waals surface area contributed by atoms with Gasteiger partial charge in [-0.05, 0) is 50.3 Å². The number of hydrogen-bond acceptors (Lipinski definition) is 5. The van der Waals surface area contributed by atoms with E-state index in [2.05, 4.69) is 11.4 Å². The van der Waals surface area contributed by atoms with Crippen LogP contribution in [0, 0.1) is 18.3 Å². The van der Waals surface area contributed by atoms with Crippen molar-refractivity contribution in [1.82, 2.24) is 0 Å². The summed E-state index contributed by atoms with van der Waals surface area (Å²) in [6, 6.07) is 9.23. The lowest BCUT2D eigenvalue weighted by atomic mass is 10.1. The zero-order chi connectivity index (χ0) is 18.5. The van der Waals surface area contributed by atoms with Crippen molar-refractivity contribution >= 4 is 28.2 Å². The number of ether oxygens (including phenoxy) is 1. The van der Waals surface area contributed by atoms with E-state index in [9.17, 15) is 14.9 Å². The molecule has 1 heterocycles. The maximum absolute atomic E-state index is 12.2. The molecule has 1 aliphatic carbocycles. The fourth-order valence-corrected chi connectivity index (χ4v) is 4.35. The van der Waals surface area contributed by atoms with Crippen LogP contribution in [0.5, 0.6) is 0 Å². The predicted molar refractivity (Wildman–Crippen MR) is 100 cm³/mol. The molecule has 134 valence electrons. The van der Waals surface area contributed by atoms with Crippen molar-refractivity contribution in [3.8, 4) is 6.07 Å². The molecular formula is C20H20N2O3S. The van der Waals surface area contributed by atoms with Gasteiger partial charge >= 0.3 is 5.97 Å². The van der Waals surface area contributed by atoms with Crippen LogP contribution in [0.25, 0.3) is 0 Å². The second-order valence-corrected chi connectivity index (χ2v) is 7.48. The fraction of sp³-hybridized carbons (Fsp3) is 0.350. The number of nitrogens with zero attached hydrogens (tertiary/aromatic N) is 1. The molecule has 0 spiro atoms. The van der Waals surface area contributed by atoms with Crippen molar-refractivity contribution in [2.75, 3.05) is 11.9 Å². The number of rotatable bonds is 4. The van der Waals surface area contributed by atoms with Gasteiger partial charge in [0.1, 0.15) is 11.1 Å². The number of esters is 1. The quantitative estimate of drug-likeness (QED) is 0.654. The van der Waals surface area contributed by atoms with Crippen LogP contribution in [0.3, 0.4) is 0 Å². The molecule has 1 aromatic carbocycles. The lowest BCUT2D eigenvalue weighted by Gasteiger charge is -2.06. The highest BCUT2D eigenvalue weighted by molar-refractivity contribution is 7.16. The Balaban J connectivity index is 1.63. The first-order chi connectivity index (χ1) is 12.6. The molecule has 1 aliphatic rings. The Morgan fingerprint density at radius 3 is 2.85 bits per heavy atom. The summed E-state index contributed by atoms with van der Waals surface area (Å²) in [5, 5.41) is 12.8. The minimum Gasteiger partial charge on any atom is -0.452 e. The number of fused-ring (bicyclic) bond motifs is 1. The summed E-state index contributed by atoms with van der Waals surface area (Å²) in [7, 11) is 0. The molecule has 0 saturated heterocycles. The van der Waals surface area contributed by atoms with Crippen LogP contribution in [0.1, 0.15) is 51.2 Å². The third-order valence-electron chi connectivity index (χ3n) is 4.37. The van der Waals surface area contributed by atoms with E-state index in [-0.39, 0.29) is 6.61 Å². The first kappa shape index (κ1) is 18.2. The van der Waals surface area contributed by atoms with Crippen LogP contribution in [0.4, 0.5) is 5.00 Å². The van der Waals surface area contributed by atoms with Crippen LogP contribution in [-0.2, 0) is 22.4 Å². The monoisotopic (exact) mass is 368 g/mol. The predicted octanol–water partition coefficient (Wildman–Crippen LogP) is 3.99. The Bertz CT molecular complexity index is 880. The number of aryl methyl sites for hydroxylation is 2. The van der Waals surface area contributed by atoms with Gasteiger partial charge in [-0.3, -0.25) is 4.79 Å². The van der Waals surface area contributed by atoms with Crippen molar-refractivity contribution in [3.05, 3.63) is 51.4 Å². The van der Waals surface area contributed by atoms with Gasteiger partial charge in [-0.1, -0.05) is 24.1 Å². The highest BCUT2D eigenvalue weighted by Crippen LogP contribution is 2.36. The number of hydrogen-bond donors (Lipinski definition) is 1. The largest absolute Gasteiger partial charge is 0.452 e. The average Bonchev–Trinajstić information content (AvgIpc) is 2.79. The number of carbonyl (C=O) groups is 2. The minimum absolute atomic E-state index is 0.375. The highest BCUT2D eigenvalue weighted by atomic mass is 32.1. The molecule has 5 nitrogen and oxygen atoms in total. The Labute approximate surface area is 156 Å². The van der Waals surface area contributed by atoms with Gasteiger partial charge in [0.25, 0.3) is 5.91 Å².